The number of hydrogen-bond acceptors (Lipinski definition) is 5. The molecular formula is C23H36N6O. The summed E-state index contributed by atoms with van der Waals surface area (Å²) in [6, 6.07) is 1.58. The zero-order valence-electron chi connectivity index (χ0n) is 18.7. The van der Waals surface area contributed by atoms with Gasteiger partial charge in [-0.15, -0.1) is 0 Å². The van der Waals surface area contributed by atoms with Gasteiger partial charge in [-0.3, -0.25) is 14.3 Å². The predicted molar refractivity (Wildman–Crippen MR) is 118 cm³/mol. The van der Waals surface area contributed by atoms with Gasteiger partial charge in [0.25, 0.3) is 0 Å². The Balaban J connectivity index is 1.83. The smallest absolute Gasteiger partial charge is 0.243 e. The van der Waals surface area contributed by atoms with Crippen LogP contribution < -0.4 is 5.32 Å². The number of hydrogen-bond donors (Lipinski definition) is 1. The van der Waals surface area contributed by atoms with Crippen molar-refractivity contribution in [2.45, 2.75) is 71.8 Å². The molecule has 3 rings (SSSR count). The number of carbonyl (C=O) groups is 1. The van der Waals surface area contributed by atoms with Crippen LogP contribution in [0.3, 0.4) is 0 Å². The van der Waals surface area contributed by atoms with E-state index in [0.717, 1.165) is 50.3 Å². The summed E-state index contributed by atoms with van der Waals surface area (Å²) in [6.45, 7) is 8.96. The van der Waals surface area contributed by atoms with Gasteiger partial charge in [0.05, 0.1) is 5.69 Å². The van der Waals surface area contributed by atoms with E-state index in [1.54, 1.807) is 17.1 Å². The number of rotatable bonds is 10. The summed E-state index contributed by atoms with van der Waals surface area (Å²) in [5.74, 6) is 1.15. The molecule has 164 valence electrons. The Morgan fingerprint density at radius 1 is 1.20 bits per heavy atom. The summed E-state index contributed by atoms with van der Waals surface area (Å²) in [4.78, 5) is 29.1. The van der Waals surface area contributed by atoms with Crippen LogP contribution in [0, 0.1) is 12.8 Å². The Morgan fingerprint density at radius 2 is 2.00 bits per heavy atom. The van der Waals surface area contributed by atoms with Crippen molar-refractivity contribution in [2.24, 2.45) is 5.92 Å². The molecule has 0 saturated carbocycles. The Labute approximate surface area is 180 Å². The molecule has 2 aromatic heterocycles. The van der Waals surface area contributed by atoms with Crippen LogP contribution in [0.4, 0.5) is 0 Å². The molecule has 3 heterocycles. The number of amides is 1. The van der Waals surface area contributed by atoms with Gasteiger partial charge >= 0.3 is 0 Å². The molecule has 0 radical (unpaired) electrons. The molecule has 1 aliphatic rings. The number of unbranched alkanes of at least 4 members (excludes halogenated alkanes) is 1. The number of imidazole rings is 1. The summed E-state index contributed by atoms with van der Waals surface area (Å²) in [7, 11) is 0. The van der Waals surface area contributed by atoms with Crippen LogP contribution in [0.5, 0.6) is 0 Å². The number of aryl methyl sites for hydroxylation is 1. The van der Waals surface area contributed by atoms with Crippen molar-refractivity contribution >= 4 is 5.91 Å². The summed E-state index contributed by atoms with van der Waals surface area (Å²) in [5.41, 5.74) is 1.63. The molecule has 2 atom stereocenters. The Hall–Kier alpha value is -2.28. The highest BCUT2D eigenvalue weighted by atomic mass is 16.2. The van der Waals surface area contributed by atoms with Crippen molar-refractivity contribution in [2.75, 3.05) is 19.6 Å². The van der Waals surface area contributed by atoms with E-state index in [1.807, 2.05) is 19.2 Å². The lowest BCUT2D eigenvalue weighted by molar-refractivity contribution is -0.127. The van der Waals surface area contributed by atoms with Crippen LogP contribution in [-0.4, -0.2) is 50.0 Å². The molecule has 7 nitrogen and oxygen atoms in total. The standard InChI is InChI=1S/C23H36N6O/c1-4-6-10-19(5-2)16-25-22(30)21(28-12-8-7-9-13-28)20-15-18(3)26-23(27-20)29-14-11-24-17-29/h11,14-15,17,19,21H,4-10,12-13,16H2,1-3H3,(H,25,30). The van der Waals surface area contributed by atoms with E-state index in [0.29, 0.717) is 11.9 Å². The van der Waals surface area contributed by atoms with Gasteiger partial charge in [-0.25, -0.2) is 15.0 Å². The maximum Gasteiger partial charge on any atom is 0.243 e. The fraction of sp³-hybridized carbons (Fsp3) is 0.652. The first-order valence-electron chi connectivity index (χ1n) is 11.5. The molecule has 0 aromatic carbocycles. The molecule has 0 bridgehead atoms. The molecular weight excluding hydrogens is 376 g/mol. The highest BCUT2D eigenvalue weighted by Gasteiger charge is 2.31. The molecule has 7 heteroatoms. The van der Waals surface area contributed by atoms with Gasteiger partial charge in [0, 0.05) is 24.6 Å². The van der Waals surface area contributed by atoms with Crippen LogP contribution in [0.1, 0.15) is 76.2 Å². The highest BCUT2D eigenvalue weighted by Crippen LogP contribution is 2.25. The van der Waals surface area contributed by atoms with Crippen molar-refractivity contribution in [3.05, 3.63) is 36.2 Å². The number of nitrogens with zero attached hydrogens (tertiary/aromatic N) is 5. The second-order valence-corrected chi connectivity index (χ2v) is 8.36. The summed E-state index contributed by atoms with van der Waals surface area (Å²) in [6.07, 6.45) is 13.4. The van der Waals surface area contributed by atoms with Crippen molar-refractivity contribution < 1.29 is 4.79 Å². The molecule has 1 saturated heterocycles. The topological polar surface area (TPSA) is 75.9 Å². The van der Waals surface area contributed by atoms with E-state index in [-0.39, 0.29) is 11.9 Å². The van der Waals surface area contributed by atoms with E-state index < -0.39 is 0 Å². The molecule has 0 spiro atoms. The third kappa shape index (κ3) is 5.88. The van der Waals surface area contributed by atoms with E-state index in [1.165, 1.54) is 25.7 Å². The average Bonchev–Trinajstić information content (AvgIpc) is 3.29. The molecule has 1 amide bonds. The van der Waals surface area contributed by atoms with Crippen LogP contribution in [0.15, 0.2) is 24.8 Å². The van der Waals surface area contributed by atoms with Crippen molar-refractivity contribution in [3.63, 3.8) is 0 Å². The van der Waals surface area contributed by atoms with Gasteiger partial charge in [0.1, 0.15) is 12.4 Å². The second-order valence-electron chi connectivity index (χ2n) is 8.36. The lowest BCUT2D eigenvalue weighted by atomic mass is 9.99. The van der Waals surface area contributed by atoms with E-state index in [9.17, 15) is 4.79 Å². The number of carbonyl (C=O) groups excluding carboxylic acids is 1. The monoisotopic (exact) mass is 412 g/mol. The van der Waals surface area contributed by atoms with Crippen molar-refractivity contribution in [1.29, 1.82) is 0 Å². The average molecular weight is 413 g/mol. The molecule has 2 unspecified atom stereocenters. The summed E-state index contributed by atoms with van der Waals surface area (Å²) < 4.78 is 1.79. The summed E-state index contributed by atoms with van der Waals surface area (Å²) in [5, 5.41) is 3.25. The van der Waals surface area contributed by atoms with Crippen LogP contribution in [0.2, 0.25) is 0 Å². The van der Waals surface area contributed by atoms with E-state index in [2.05, 4.69) is 34.0 Å². The van der Waals surface area contributed by atoms with Gasteiger partial charge in [0.2, 0.25) is 11.9 Å². The molecule has 1 aliphatic heterocycles. The number of piperidine rings is 1. The minimum atomic E-state index is -0.377. The normalized spacial score (nSPS) is 16.9. The van der Waals surface area contributed by atoms with Gasteiger partial charge in [0.15, 0.2) is 0 Å². The Kier molecular flexibility index (Phi) is 8.37. The number of nitrogens with one attached hydrogen (secondary N) is 1. The number of aromatic nitrogens is 4. The van der Waals surface area contributed by atoms with Gasteiger partial charge in [-0.2, -0.15) is 0 Å². The zero-order valence-corrected chi connectivity index (χ0v) is 18.7. The van der Waals surface area contributed by atoms with Gasteiger partial charge in [-0.05, 0) is 51.3 Å². The lowest BCUT2D eigenvalue weighted by Crippen LogP contribution is -2.44. The third-order valence-electron chi connectivity index (χ3n) is 5.99. The molecule has 2 aromatic rings. The molecule has 1 N–H and O–H groups in total. The van der Waals surface area contributed by atoms with Crippen LogP contribution in [0.25, 0.3) is 5.95 Å². The van der Waals surface area contributed by atoms with Crippen molar-refractivity contribution in [3.8, 4) is 5.95 Å². The maximum atomic E-state index is 13.4. The maximum absolute atomic E-state index is 13.4. The zero-order chi connectivity index (χ0) is 21.3. The third-order valence-corrected chi connectivity index (χ3v) is 5.99. The second kappa shape index (κ2) is 11.2. The minimum absolute atomic E-state index is 0.0570. The summed E-state index contributed by atoms with van der Waals surface area (Å²) >= 11 is 0. The fourth-order valence-corrected chi connectivity index (χ4v) is 4.16. The minimum Gasteiger partial charge on any atom is -0.354 e. The first-order valence-corrected chi connectivity index (χ1v) is 11.5. The van der Waals surface area contributed by atoms with E-state index >= 15 is 0 Å². The molecule has 0 aliphatic carbocycles. The van der Waals surface area contributed by atoms with Crippen LogP contribution >= 0.6 is 0 Å². The van der Waals surface area contributed by atoms with E-state index in [4.69, 9.17) is 4.98 Å². The van der Waals surface area contributed by atoms with Crippen molar-refractivity contribution in [1.82, 2.24) is 29.7 Å². The number of likely N-dealkylation sites (tertiary alicyclic amines) is 1. The first-order chi connectivity index (χ1) is 14.6. The fourth-order valence-electron chi connectivity index (χ4n) is 4.16. The predicted octanol–water partition coefficient (Wildman–Crippen LogP) is 3.83. The largest absolute Gasteiger partial charge is 0.354 e. The lowest BCUT2D eigenvalue weighted by Gasteiger charge is -2.33. The van der Waals surface area contributed by atoms with Gasteiger partial charge < -0.3 is 5.32 Å². The Bertz CT molecular complexity index is 785. The van der Waals surface area contributed by atoms with Crippen LogP contribution in [-0.2, 0) is 4.79 Å². The highest BCUT2D eigenvalue weighted by molar-refractivity contribution is 5.82. The quantitative estimate of drug-likeness (QED) is 0.642. The SMILES string of the molecule is CCCCC(CC)CNC(=O)C(c1cc(C)nc(-n2ccnc2)n1)N1CCCCC1. The van der Waals surface area contributed by atoms with Gasteiger partial charge in [-0.1, -0.05) is 39.5 Å². The first kappa shape index (κ1) is 22.4. The molecule has 1 fully saturated rings. The Morgan fingerprint density at radius 3 is 2.67 bits per heavy atom. The molecule has 30 heavy (non-hydrogen) atoms.